The van der Waals surface area contributed by atoms with Gasteiger partial charge >= 0.3 is 0 Å². The summed E-state index contributed by atoms with van der Waals surface area (Å²) in [5.41, 5.74) is 3.77. The van der Waals surface area contributed by atoms with Crippen molar-refractivity contribution in [2.75, 3.05) is 0 Å². The molecule has 0 aromatic carbocycles. The Morgan fingerprint density at radius 3 is 2.67 bits per heavy atom. The average molecular weight is 441 g/mol. The zero-order valence-corrected chi connectivity index (χ0v) is 18.5. The van der Waals surface area contributed by atoms with E-state index < -0.39 is 0 Å². The van der Waals surface area contributed by atoms with Crippen LogP contribution in [0.1, 0.15) is 47.9 Å². The molecule has 0 spiro atoms. The molecule has 0 bridgehead atoms. The minimum atomic E-state index is 0.0792. The van der Waals surface area contributed by atoms with Gasteiger partial charge in [0.1, 0.15) is 16.1 Å². The number of ketones is 1. The van der Waals surface area contributed by atoms with Crippen LogP contribution in [0.3, 0.4) is 0 Å². The molecule has 4 heterocycles. The Hall–Kier alpha value is -2.71. The molecule has 0 amide bonds. The van der Waals surface area contributed by atoms with Crippen molar-refractivity contribution in [3.63, 3.8) is 0 Å². The van der Waals surface area contributed by atoms with Crippen molar-refractivity contribution < 1.29 is 4.79 Å². The van der Waals surface area contributed by atoms with Crippen molar-refractivity contribution in [1.29, 1.82) is 0 Å². The van der Waals surface area contributed by atoms with Crippen LogP contribution in [0.25, 0.3) is 16.2 Å². The van der Waals surface area contributed by atoms with Gasteiger partial charge in [0.15, 0.2) is 5.82 Å². The minimum Gasteiger partial charge on any atom is -0.299 e. The van der Waals surface area contributed by atoms with Crippen LogP contribution >= 0.6 is 22.9 Å². The van der Waals surface area contributed by atoms with Crippen LogP contribution in [0.15, 0.2) is 30.9 Å². The van der Waals surface area contributed by atoms with Crippen LogP contribution in [0.5, 0.6) is 0 Å². The summed E-state index contributed by atoms with van der Waals surface area (Å²) in [6, 6.07) is 1.74. The maximum Gasteiger partial charge on any atom is 0.193 e. The molecule has 30 heavy (non-hydrogen) atoms. The number of thiazole rings is 1. The highest BCUT2D eigenvalue weighted by molar-refractivity contribution is 7.18. The van der Waals surface area contributed by atoms with Crippen molar-refractivity contribution >= 4 is 39.1 Å². The summed E-state index contributed by atoms with van der Waals surface area (Å²) < 4.78 is 0. The SMILES string of the molecule is CCC(C)c1c(CC(=O)Cc2cnc(-n3nccn3)c(Cl)c2)cnc2sc(C)nc12. The van der Waals surface area contributed by atoms with Crippen molar-refractivity contribution in [3.8, 4) is 5.82 Å². The molecule has 0 aliphatic heterocycles. The Labute approximate surface area is 183 Å². The summed E-state index contributed by atoms with van der Waals surface area (Å²) in [4.78, 5) is 28.7. The van der Waals surface area contributed by atoms with Gasteiger partial charge in [-0.05, 0) is 42.0 Å². The lowest BCUT2D eigenvalue weighted by molar-refractivity contribution is -0.117. The minimum absolute atomic E-state index is 0.0792. The molecule has 0 radical (unpaired) electrons. The van der Waals surface area contributed by atoms with E-state index in [0.29, 0.717) is 23.2 Å². The third-order valence-electron chi connectivity index (χ3n) is 5.04. The monoisotopic (exact) mass is 440 g/mol. The van der Waals surface area contributed by atoms with Crippen LogP contribution < -0.4 is 0 Å². The Bertz CT molecular complexity index is 1200. The Kier molecular flexibility index (Phi) is 5.87. The van der Waals surface area contributed by atoms with Gasteiger partial charge in [-0.3, -0.25) is 4.79 Å². The quantitative estimate of drug-likeness (QED) is 0.420. The normalized spacial score (nSPS) is 12.4. The van der Waals surface area contributed by atoms with Crippen LogP contribution in [0, 0.1) is 6.92 Å². The molecule has 0 fully saturated rings. The van der Waals surface area contributed by atoms with Crippen molar-refractivity contribution in [2.45, 2.75) is 46.0 Å². The molecule has 7 nitrogen and oxygen atoms in total. The van der Waals surface area contributed by atoms with Gasteiger partial charge in [-0.1, -0.05) is 36.8 Å². The second kappa shape index (κ2) is 8.57. The number of fused-ring (bicyclic) bond motifs is 1. The predicted molar refractivity (Wildman–Crippen MR) is 117 cm³/mol. The lowest BCUT2D eigenvalue weighted by Crippen LogP contribution is -2.11. The third kappa shape index (κ3) is 4.11. The van der Waals surface area contributed by atoms with Gasteiger partial charge in [0, 0.05) is 25.2 Å². The molecule has 1 atom stereocenters. The van der Waals surface area contributed by atoms with E-state index in [1.165, 1.54) is 4.80 Å². The highest BCUT2D eigenvalue weighted by Gasteiger charge is 2.19. The van der Waals surface area contributed by atoms with Crippen molar-refractivity contribution in [2.24, 2.45) is 0 Å². The summed E-state index contributed by atoms with van der Waals surface area (Å²) in [7, 11) is 0. The van der Waals surface area contributed by atoms with Crippen molar-refractivity contribution in [1.82, 2.24) is 29.9 Å². The molecule has 4 rings (SSSR count). The van der Waals surface area contributed by atoms with Gasteiger partial charge in [0.25, 0.3) is 0 Å². The second-order valence-corrected chi connectivity index (χ2v) is 8.84. The number of Topliss-reactive ketones (excluding diaryl/α,β-unsaturated/α-hetero) is 1. The number of hydrogen-bond donors (Lipinski definition) is 0. The first-order valence-electron chi connectivity index (χ1n) is 9.74. The molecular formula is C21H21ClN6OS. The molecule has 1 unspecified atom stereocenters. The fourth-order valence-corrected chi connectivity index (χ4v) is 4.51. The number of aromatic nitrogens is 6. The predicted octanol–water partition coefficient (Wildman–Crippen LogP) is 4.50. The van der Waals surface area contributed by atoms with Crippen molar-refractivity contribution in [3.05, 3.63) is 57.6 Å². The highest BCUT2D eigenvalue weighted by atomic mass is 35.5. The fraction of sp³-hybridized carbons (Fsp3) is 0.333. The number of carbonyl (C=O) groups excluding carboxylic acids is 1. The third-order valence-corrected chi connectivity index (χ3v) is 6.19. The number of pyridine rings is 2. The Morgan fingerprint density at radius 1 is 1.20 bits per heavy atom. The van der Waals surface area contributed by atoms with Gasteiger partial charge in [-0.15, -0.1) is 4.80 Å². The molecule has 154 valence electrons. The van der Waals surface area contributed by atoms with Crippen LogP contribution in [-0.4, -0.2) is 35.7 Å². The molecule has 4 aromatic heterocycles. The number of hydrogen-bond acceptors (Lipinski definition) is 7. The van der Waals surface area contributed by atoms with Gasteiger partial charge in [0.05, 0.1) is 22.4 Å². The zero-order chi connectivity index (χ0) is 21.3. The van der Waals surface area contributed by atoms with Crippen LogP contribution in [0.2, 0.25) is 5.02 Å². The van der Waals surface area contributed by atoms with Gasteiger partial charge < -0.3 is 0 Å². The zero-order valence-electron chi connectivity index (χ0n) is 17.0. The molecule has 4 aromatic rings. The largest absolute Gasteiger partial charge is 0.299 e. The number of aryl methyl sites for hydroxylation is 1. The van der Waals surface area contributed by atoms with E-state index >= 15 is 0 Å². The number of halogens is 1. The molecule has 0 aliphatic rings. The summed E-state index contributed by atoms with van der Waals surface area (Å²) in [6.07, 6.45) is 8.10. The Balaban J connectivity index is 1.57. The molecule has 0 saturated carbocycles. The fourth-order valence-electron chi connectivity index (χ4n) is 3.47. The lowest BCUT2D eigenvalue weighted by atomic mass is 9.91. The summed E-state index contributed by atoms with van der Waals surface area (Å²) in [5.74, 6) is 0.817. The van der Waals surface area contributed by atoms with Gasteiger partial charge in [0.2, 0.25) is 0 Å². The first-order valence-corrected chi connectivity index (χ1v) is 10.9. The molecule has 0 N–H and O–H groups in total. The lowest BCUT2D eigenvalue weighted by Gasteiger charge is -2.15. The highest BCUT2D eigenvalue weighted by Crippen LogP contribution is 2.32. The van der Waals surface area contributed by atoms with E-state index in [4.69, 9.17) is 11.6 Å². The standard InChI is InChI=1S/C21H21ClN6OS/c1-4-12(2)18-15(11-24-21-19(18)27-13(3)30-21)9-16(29)7-14-8-17(22)20(23-10-14)28-25-5-6-26-28/h5-6,8,10-12H,4,7,9H2,1-3H3. The molecule has 0 aliphatic carbocycles. The van der Waals surface area contributed by atoms with E-state index in [2.05, 4.69) is 39.0 Å². The topological polar surface area (TPSA) is 86.5 Å². The molecular weight excluding hydrogens is 420 g/mol. The van der Waals surface area contributed by atoms with Crippen LogP contribution in [0.4, 0.5) is 0 Å². The average Bonchev–Trinajstić information content (AvgIpc) is 3.36. The van der Waals surface area contributed by atoms with Gasteiger partial charge in [-0.2, -0.15) is 10.2 Å². The first kappa shape index (κ1) is 20.6. The van der Waals surface area contributed by atoms with E-state index in [1.54, 1.807) is 36.0 Å². The molecule has 9 heteroatoms. The van der Waals surface area contributed by atoms with E-state index in [0.717, 1.165) is 38.5 Å². The number of carbonyl (C=O) groups is 1. The molecule has 0 saturated heterocycles. The van der Waals surface area contributed by atoms with Gasteiger partial charge in [-0.25, -0.2) is 15.0 Å². The summed E-state index contributed by atoms with van der Waals surface area (Å²) >= 11 is 7.91. The maximum absolute atomic E-state index is 12.9. The first-order chi connectivity index (χ1) is 14.5. The Morgan fingerprint density at radius 2 is 1.97 bits per heavy atom. The number of nitrogens with zero attached hydrogens (tertiary/aromatic N) is 6. The number of rotatable bonds is 7. The van der Waals surface area contributed by atoms with E-state index in [-0.39, 0.29) is 12.2 Å². The second-order valence-electron chi connectivity index (χ2n) is 7.25. The summed E-state index contributed by atoms with van der Waals surface area (Å²) in [5, 5.41) is 9.45. The van der Waals surface area contributed by atoms with E-state index in [9.17, 15) is 4.79 Å². The maximum atomic E-state index is 12.9. The smallest absolute Gasteiger partial charge is 0.193 e. The van der Waals surface area contributed by atoms with E-state index in [1.807, 2.05) is 13.1 Å². The summed E-state index contributed by atoms with van der Waals surface area (Å²) in [6.45, 7) is 6.30. The van der Waals surface area contributed by atoms with Crippen LogP contribution in [-0.2, 0) is 17.6 Å².